The lowest BCUT2D eigenvalue weighted by Crippen LogP contribution is -2.35. The maximum atomic E-state index is 12.6. The quantitative estimate of drug-likeness (QED) is 0.872. The lowest BCUT2D eigenvalue weighted by molar-refractivity contribution is 0.0933. The van der Waals surface area contributed by atoms with Crippen LogP contribution in [0.3, 0.4) is 0 Å². The van der Waals surface area contributed by atoms with Crippen molar-refractivity contribution in [1.29, 1.82) is 0 Å². The summed E-state index contributed by atoms with van der Waals surface area (Å²) in [5.41, 5.74) is 1.88. The summed E-state index contributed by atoms with van der Waals surface area (Å²) in [6, 6.07) is 8.04. The number of amides is 1. The molecule has 0 spiro atoms. The monoisotopic (exact) mass is 383 g/mol. The summed E-state index contributed by atoms with van der Waals surface area (Å²) in [6.45, 7) is 3.90. The summed E-state index contributed by atoms with van der Waals surface area (Å²) in [5.74, 6) is 0.772. The number of likely N-dealkylation sites (tertiary alicyclic amines) is 1. The van der Waals surface area contributed by atoms with Gasteiger partial charge in [-0.3, -0.25) is 14.3 Å². The van der Waals surface area contributed by atoms with Gasteiger partial charge in [-0.15, -0.1) is 0 Å². The van der Waals surface area contributed by atoms with Crippen LogP contribution in [0.25, 0.3) is 0 Å². The first kappa shape index (κ1) is 18.9. The van der Waals surface area contributed by atoms with Gasteiger partial charge in [-0.2, -0.15) is 5.10 Å². The van der Waals surface area contributed by atoms with Gasteiger partial charge in [0.2, 0.25) is 0 Å². The van der Waals surface area contributed by atoms with E-state index in [1.165, 1.54) is 42.6 Å². The lowest BCUT2D eigenvalue weighted by Gasteiger charge is -2.26. The molecule has 28 heavy (non-hydrogen) atoms. The maximum Gasteiger partial charge on any atom is 0.345 e. The number of rotatable bonds is 4. The third kappa shape index (κ3) is 4.19. The zero-order valence-corrected chi connectivity index (χ0v) is 16.6. The molecule has 1 aromatic carbocycles. The highest BCUT2D eigenvalue weighted by atomic mass is 16.2. The number of nitrogens with zero attached hydrogens (tertiary/aromatic N) is 4. The van der Waals surface area contributed by atoms with Crippen LogP contribution in [0.4, 0.5) is 0 Å². The van der Waals surface area contributed by atoms with Gasteiger partial charge < -0.3 is 5.32 Å². The average Bonchev–Trinajstić information content (AvgIpc) is 2.86. The predicted molar refractivity (Wildman–Crippen MR) is 107 cm³/mol. The molecule has 0 saturated carbocycles. The third-order valence-corrected chi connectivity index (χ3v) is 5.91. The molecule has 4 rings (SSSR count). The van der Waals surface area contributed by atoms with Crippen molar-refractivity contribution in [1.82, 2.24) is 24.6 Å². The molecule has 1 amide bonds. The number of benzene rings is 1. The first-order valence-electron chi connectivity index (χ1n) is 10.3. The van der Waals surface area contributed by atoms with E-state index >= 15 is 0 Å². The van der Waals surface area contributed by atoms with Crippen molar-refractivity contribution in [3.05, 3.63) is 51.7 Å². The fraction of sp³-hybridized carbons (Fsp3) is 0.571. The Morgan fingerprint density at radius 3 is 2.61 bits per heavy atom. The van der Waals surface area contributed by atoms with Gasteiger partial charge in [-0.05, 0) is 56.5 Å². The zero-order valence-electron chi connectivity index (χ0n) is 16.6. The van der Waals surface area contributed by atoms with Gasteiger partial charge >= 0.3 is 5.69 Å². The highest BCUT2D eigenvalue weighted by molar-refractivity contribution is 5.94. The standard InChI is InChI=1S/C21H29N5O2/c1-24-21(28)26-14-11-18(9-10-19(26)23-24)22-20(27)17-7-5-16(6-8-17)15-25-12-3-2-4-13-25/h5-8,18H,2-4,9-15H2,1H3,(H,22,27). The van der Waals surface area contributed by atoms with Crippen LogP contribution in [0.15, 0.2) is 29.1 Å². The van der Waals surface area contributed by atoms with Gasteiger partial charge in [0, 0.05) is 38.2 Å². The molecule has 2 aliphatic rings. The summed E-state index contributed by atoms with van der Waals surface area (Å²) in [5, 5.41) is 7.43. The topological polar surface area (TPSA) is 72.2 Å². The molecule has 1 fully saturated rings. The van der Waals surface area contributed by atoms with Crippen molar-refractivity contribution in [3.8, 4) is 0 Å². The number of carbonyl (C=O) groups excluding carboxylic acids is 1. The first-order valence-corrected chi connectivity index (χ1v) is 10.3. The van der Waals surface area contributed by atoms with Gasteiger partial charge in [-0.25, -0.2) is 9.48 Å². The van der Waals surface area contributed by atoms with Crippen molar-refractivity contribution in [2.45, 2.75) is 57.7 Å². The van der Waals surface area contributed by atoms with Crippen molar-refractivity contribution < 1.29 is 4.79 Å². The molecule has 2 aliphatic heterocycles. The van der Waals surface area contributed by atoms with E-state index < -0.39 is 0 Å². The summed E-state index contributed by atoms with van der Waals surface area (Å²) in [4.78, 5) is 27.2. The summed E-state index contributed by atoms with van der Waals surface area (Å²) < 4.78 is 3.11. The lowest BCUT2D eigenvalue weighted by atomic mass is 10.1. The van der Waals surface area contributed by atoms with Crippen molar-refractivity contribution in [3.63, 3.8) is 0 Å². The minimum atomic E-state index is -0.0775. The number of hydrogen-bond acceptors (Lipinski definition) is 4. The number of fused-ring (bicyclic) bond motifs is 1. The molecule has 7 heteroatoms. The van der Waals surface area contributed by atoms with Crippen LogP contribution >= 0.6 is 0 Å². The number of aryl methyl sites for hydroxylation is 2. The smallest absolute Gasteiger partial charge is 0.345 e. The maximum absolute atomic E-state index is 12.6. The van der Waals surface area contributed by atoms with E-state index in [0.29, 0.717) is 18.5 Å². The molecule has 3 heterocycles. The number of aromatic nitrogens is 3. The Bertz CT molecular complexity index is 877. The molecule has 150 valence electrons. The minimum Gasteiger partial charge on any atom is -0.349 e. The summed E-state index contributed by atoms with van der Waals surface area (Å²) in [7, 11) is 1.68. The summed E-state index contributed by atoms with van der Waals surface area (Å²) in [6.07, 6.45) is 6.16. The molecule has 7 nitrogen and oxygen atoms in total. The van der Waals surface area contributed by atoms with Gasteiger partial charge in [-0.1, -0.05) is 18.6 Å². The second-order valence-electron chi connectivity index (χ2n) is 8.01. The fourth-order valence-corrected chi connectivity index (χ4v) is 4.25. The van der Waals surface area contributed by atoms with Crippen molar-refractivity contribution in [2.75, 3.05) is 13.1 Å². The number of carbonyl (C=O) groups is 1. The van der Waals surface area contributed by atoms with Gasteiger partial charge in [0.1, 0.15) is 5.82 Å². The fourth-order valence-electron chi connectivity index (χ4n) is 4.25. The highest BCUT2D eigenvalue weighted by Crippen LogP contribution is 2.15. The van der Waals surface area contributed by atoms with E-state index in [1.807, 2.05) is 12.1 Å². The van der Waals surface area contributed by atoms with Crippen molar-refractivity contribution >= 4 is 5.91 Å². The Balaban J connectivity index is 1.33. The van der Waals surface area contributed by atoms with Crippen LogP contribution in [0, 0.1) is 0 Å². The average molecular weight is 383 g/mol. The molecular formula is C21H29N5O2. The van der Waals surface area contributed by atoms with Crippen LogP contribution < -0.4 is 11.0 Å². The van der Waals surface area contributed by atoms with E-state index in [1.54, 1.807) is 11.6 Å². The van der Waals surface area contributed by atoms with Gasteiger partial charge in [0.15, 0.2) is 0 Å². The molecule has 1 atom stereocenters. The second-order valence-corrected chi connectivity index (χ2v) is 8.01. The largest absolute Gasteiger partial charge is 0.349 e. The highest BCUT2D eigenvalue weighted by Gasteiger charge is 2.21. The van der Waals surface area contributed by atoms with E-state index in [0.717, 1.165) is 25.2 Å². The Morgan fingerprint density at radius 2 is 1.86 bits per heavy atom. The molecule has 1 unspecified atom stereocenters. The molecular weight excluding hydrogens is 354 g/mol. The Labute approximate surface area is 165 Å². The molecule has 1 saturated heterocycles. The Hall–Kier alpha value is -2.41. The molecule has 0 aliphatic carbocycles. The number of piperidine rings is 1. The van der Waals surface area contributed by atoms with Crippen LogP contribution in [-0.2, 0) is 26.6 Å². The predicted octanol–water partition coefficient (Wildman–Crippen LogP) is 1.70. The van der Waals surface area contributed by atoms with Gasteiger partial charge in [0.05, 0.1) is 0 Å². The first-order chi connectivity index (χ1) is 13.6. The number of hydrogen-bond donors (Lipinski definition) is 1. The molecule has 1 aromatic heterocycles. The molecule has 0 bridgehead atoms. The van der Waals surface area contributed by atoms with E-state index in [4.69, 9.17) is 0 Å². The third-order valence-electron chi connectivity index (χ3n) is 5.91. The molecule has 0 radical (unpaired) electrons. The van der Waals surface area contributed by atoms with Crippen LogP contribution in [0.1, 0.15) is 53.8 Å². The van der Waals surface area contributed by atoms with Crippen LogP contribution in [0.5, 0.6) is 0 Å². The van der Waals surface area contributed by atoms with Gasteiger partial charge in [0.25, 0.3) is 5.91 Å². The van der Waals surface area contributed by atoms with E-state index in [2.05, 4.69) is 27.4 Å². The number of nitrogens with one attached hydrogen (secondary N) is 1. The van der Waals surface area contributed by atoms with E-state index in [9.17, 15) is 9.59 Å². The Kier molecular flexibility index (Phi) is 5.62. The van der Waals surface area contributed by atoms with Crippen molar-refractivity contribution in [2.24, 2.45) is 7.05 Å². The normalized spacial score (nSPS) is 20.4. The van der Waals surface area contributed by atoms with E-state index in [-0.39, 0.29) is 17.6 Å². The second kappa shape index (κ2) is 8.31. The summed E-state index contributed by atoms with van der Waals surface area (Å²) >= 11 is 0. The Morgan fingerprint density at radius 1 is 1.11 bits per heavy atom. The van der Waals surface area contributed by atoms with Crippen LogP contribution in [0.2, 0.25) is 0 Å². The minimum absolute atomic E-state index is 0.0398. The SMILES string of the molecule is Cn1nc2n(c1=O)CCC(NC(=O)c1ccc(CN3CCCCC3)cc1)CC2. The zero-order chi connectivity index (χ0) is 19.5. The van der Waals surface area contributed by atoms with Crippen LogP contribution in [-0.4, -0.2) is 44.3 Å². The molecule has 1 N–H and O–H groups in total. The molecule has 2 aromatic rings.